The quantitative estimate of drug-likeness (QED) is 0.752. The van der Waals surface area contributed by atoms with Crippen LogP contribution in [0.1, 0.15) is 20.3 Å². The summed E-state index contributed by atoms with van der Waals surface area (Å²) >= 11 is 0. The number of benzene rings is 1. The van der Waals surface area contributed by atoms with Crippen LogP contribution in [0.4, 0.5) is 10.1 Å². The van der Waals surface area contributed by atoms with Crippen LogP contribution in [0.5, 0.6) is 0 Å². The first-order chi connectivity index (χ1) is 9.19. The molecule has 0 saturated heterocycles. The summed E-state index contributed by atoms with van der Waals surface area (Å²) in [5.41, 5.74) is 4.84. The lowest BCUT2D eigenvalue weighted by molar-refractivity contribution is 0.153. The zero-order valence-electron chi connectivity index (χ0n) is 11.9. The third kappa shape index (κ3) is 4.43. The Bertz CT molecular complexity index is 559. The average Bonchev–Trinajstić information content (AvgIpc) is 2.37. The average molecular weight is 304 g/mol. The lowest BCUT2D eigenvalue weighted by Gasteiger charge is -2.24. The molecule has 1 rings (SSSR count). The van der Waals surface area contributed by atoms with E-state index in [1.165, 1.54) is 12.1 Å². The summed E-state index contributed by atoms with van der Waals surface area (Å²) in [6.07, 6.45) is 0.699. The van der Waals surface area contributed by atoms with Gasteiger partial charge in [0.25, 0.3) is 0 Å². The maximum atomic E-state index is 13.3. The third-order valence-electron chi connectivity index (χ3n) is 3.03. The molecule has 1 aromatic carbocycles. The molecule has 20 heavy (non-hydrogen) atoms. The second-order valence-electron chi connectivity index (χ2n) is 5.38. The molecule has 0 atom stereocenters. The summed E-state index contributed by atoms with van der Waals surface area (Å²) in [6, 6.07) is 3.72. The highest BCUT2D eigenvalue weighted by Gasteiger charge is 2.24. The lowest BCUT2D eigenvalue weighted by Crippen LogP contribution is -2.35. The van der Waals surface area contributed by atoms with E-state index in [1.54, 1.807) is 7.11 Å². The Morgan fingerprint density at radius 1 is 1.40 bits per heavy atom. The fraction of sp³-hybridized carbons (Fsp3) is 0.538. The van der Waals surface area contributed by atoms with Crippen LogP contribution in [0.2, 0.25) is 0 Å². The van der Waals surface area contributed by atoms with Gasteiger partial charge in [-0.25, -0.2) is 17.5 Å². The van der Waals surface area contributed by atoms with E-state index in [9.17, 15) is 12.8 Å². The van der Waals surface area contributed by atoms with Gasteiger partial charge in [0.2, 0.25) is 10.0 Å². The molecule has 0 bridgehead atoms. The number of para-hydroxylation sites is 1. The largest absolute Gasteiger partial charge is 0.395 e. The maximum Gasteiger partial charge on any atom is 0.242 e. The van der Waals surface area contributed by atoms with Crippen molar-refractivity contribution in [2.45, 2.75) is 25.2 Å². The number of halogens is 1. The van der Waals surface area contributed by atoms with Crippen molar-refractivity contribution < 1.29 is 17.5 Å². The van der Waals surface area contributed by atoms with E-state index in [2.05, 4.69) is 4.72 Å². The molecule has 114 valence electrons. The highest BCUT2D eigenvalue weighted by atomic mass is 32.2. The fourth-order valence-electron chi connectivity index (χ4n) is 1.59. The Labute approximate surface area is 119 Å². The number of rotatable bonds is 7. The standard InChI is InChI=1S/C13H21FN2O3S/c1-13(2,7-8-19-3)9-16-20(17,18)11-6-4-5-10(14)12(11)15/h4-6,16H,7-9,15H2,1-3H3. The van der Waals surface area contributed by atoms with Crippen molar-refractivity contribution in [3.8, 4) is 0 Å². The molecule has 0 unspecified atom stereocenters. The lowest BCUT2D eigenvalue weighted by atomic mass is 9.90. The SMILES string of the molecule is COCCC(C)(C)CNS(=O)(=O)c1cccc(F)c1N. The van der Waals surface area contributed by atoms with Gasteiger partial charge in [-0.3, -0.25) is 0 Å². The Kier molecular flexibility index (Phi) is 5.50. The summed E-state index contributed by atoms with van der Waals surface area (Å²) in [5.74, 6) is -0.744. The zero-order valence-corrected chi connectivity index (χ0v) is 12.8. The zero-order chi connectivity index (χ0) is 15.4. The van der Waals surface area contributed by atoms with E-state index in [4.69, 9.17) is 10.5 Å². The van der Waals surface area contributed by atoms with Crippen LogP contribution in [0, 0.1) is 11.2 Å². The molecule has 0 heterocycles. The Balaban J connectivity index is 2.83. The molecule has 0 aliphatic rings. The van der Waals surface area contributed by atoms with Crippen molar-refractivity contribution in [3.05, 3.63) is 24.0 Å². The van der Waals surface area contributed by atoms with Gasteiger partial charge in [0.15, 0.2) is 0 Å². The number of methoxy groups -OCH3 is 1. The molecule has 0 saturated carbocycles. The number of sulfonamides is 1. The van der Waals surface area contributed by atoms with Gasteiger partial charge < -0.3 is 10.5 Å². The highest BCUT2D eigenvalue weighted by molar-refractivity contribution is 7.89. The van der Waals surface area contributed by atoms with Crippen LogP contribution in [-0.2, 0) is 14.8 Å². The number of ether oxygens (including phenoxy) is 1. The Morgan fingerprint density at radius 3 is 2.65 bits per heavy atom. The smallest absolute Gasteiger partial charge is 0.242 e. The second-order valence-corrected chi connectivity index (χ2v) is 7.12. The summed E-state index contributed by atoms with van der Waals surface area (Å²) in [5, 5.41) is 0. The van der Waals surface area contributed by atoms with Crippen molar-refractivity contribution in [2.24, 2.45) is 5.41 Å². The summed E-state index contributed by atoms with van der Waals surface area (Å²) < 4.78 is 45.0. The molecule has 0 amide bonds. The van der Waals surface area contributed by atoms with Crippen molar-refractivity contribution in [3.63, 3.8) is 0 Å². The Morgan fingerprint density at radius 2 is 2.05 bits per heavy atom. The monoisotopic (exact) mass is 304 g/mol. The van der Waals surface area contributed by atoms with E-state index < -0.39 is 15.8 Å². The summed E-state index contributed by atoms with van der Waals surface area (Å²) in [6.45, 7) is 4.60. The van der Waals surface area contributed by atoms with Crippen molar-refractivity contribution in [1.82, 2.24) is 4.72 Å². The predicted octanol–water partition coefficient (Wildman–Crippen LogP) is 1.75. The molecule has 5 nitrogen and oxygen atoms in total. The predicted molar refractivity (Wildman–Crippen MR) is 76.3 cm³/mol. The molecule has 7 heteroatoms. The number of nitrogens with two attached hydrogens (primary N) is 1. The van der Waals surface area contributed by atoms with Crippen LogP contribution in [-0.4, -0.2) is 28.7 Å². The first kappa shape index (κ1) is 16.9. The fourth-order valence-corrected chi connectivity index (χ4v) is 2.97. The second kappa shape index (κ2) is 6.51. The molecule has 0 radical (unpaired) electrons. The van der Waals surface area contributed by atoms with Gasteiger partial charge in [0.1, 0.15) is 10.7 Å². The minimum atomic E-state index is -3.83. The molecular weight excluding hydrogens is 283 g/mol. The van der Waals surface area contributed by atoms with Crippen LogP contribution < -0.4 is 10.5 Å². The normalized spacial score (nSPS) is 12.6. The van der Waals surface area contributed by atoms with Gasteiger partial charge in [-0.1, -0.05) is 19.9 Å². The van der Waals surface area contributed by atoms with Gasteiger partial charge >= 0.3 is 0 Å². The van der Waals surface area contributed by atoms with E-state index >= 15 is 0 Å². The molecule has 0 fully saturated rings. The van der Waals surface area contributed by atoms with Crippen LogP contribution in [0.3, 0.4) is 0 Å². The number of nitrogens with one attached hydrogen (secondary N) is 1. The van der Waals surface area contributed by atoms with Crippen molar-refractivity contribution in [1.29, 1.82) is 0 Å². The minimum Gasteiger partial charge on any atom is -0.395 e. The van der Waals surface area contributed by atoms with Crippen molar-refractivity contribution >= 4 is 15.7 Å². The summed E-state index contributed by atoms with van der Waals surface area (Å²) in [7, 11) is -2.24. The Hall–Kier alpha value is -1.18. The molecule has 3 N–H and O–H groups in total. The van der Waals surface area contributed by atoms with Gasteiger partial charge in [-0.2, -0.15) is 0 Å². The molecule has 0 aliphatic carbocycles. The van der Waals surface area contributed by atoms with E-state index in [0.29, 0.717) is 13.0 Å². The van der Waals surface area contributed by atoms with Gasteiger partial charge in [0, 0.05) is 20.3 Å². The van der Waals surface area contributed by atoms with Gasteiger partial charge in [0.05, 0.1) is 5.69 Å². The summed E-state index contributed by atoms with van der Waals surface area (Å²) in [4.78, 5) is -0.236. The van der Waals surface area contributed by atoms with E-state index in [1.807, 2.05) is 13.8 Å². The molecule has 0 aliphatic heterocycles. The highest BCUT2D eigenvalue weighted by Crippen LogP contribution is 2.23. The molecule has 0 spiro atoms. The van der Waals surface area contributed by atoms with Gasteiger partial charge in [-0.05, 0) is 24.0 Å². The van der Waals surface area contributed by atoms with E-state index in [-0.39, 0.29) is 22.5 Å². The van der Waals surface area contributed by atoms with E-state index in [0.717, 1.165) is 6.07 Å². The topological polar surface area (TPSA) is 81.4 Å². The molecule has 1 aromatic rings. The molecular formula is C13H21FN2O3S. The van der Waals surface area contributed by atoms with Crippen molar-refractivity contribution in [2.75, 3.05) is 26.0 Å². The first-order valence-electron chi connectivity index (χ1n) is 6.22. The number of anilines is 1. The minimum absolute atomic E-state index is 0.217. The molecule has 0 aromatic heterocycles. The first-order valence-corrected chi connectivity index (χ1v) is 7.70. The third-order valence-corrected chi connectivity index (χ3v) is 4.49. The number of nitrogen functional groups attached to an aromatic ring is 1. The number of hydrogen-bond donors (Lipinski definition) is 2. The number of hydrogen-bond acceptors (Lipinski definition) is 4. The van der Waals surface area contributed by atoms with Crippen LogP contribution >= 0.6 is 0 Å². The maximum absolute atomic E-state index is 13.3. The van der Waals surface area contributed by atoms with Gasteiger partial charge in [-0.15, -0.1) is 0 Å². The van der Waals surface area contributed by atoms with Crippen LogP contribution in [0.15, 0.2) is 23.1 Å². The van der Waals surface area contributed by atoms with Crippen LogP contribution in [0.25, 0.3) is 0 Å².